The van der Waals surface area contributed by atoms with Crippen molar-refractivity contribution in [2.24, 2.45) is 0 Å². The van der Waals surface area contributed by atoms with Crippen LogP contribution in [0.25, 0.3) is 0 Å². The van der Waals surface area contributed by atoms with Gasteiger partial charge in [0.1, 0.15) is 5.75 Å². The van der Waals surface area contributed by atoms with E-state index in [9.17, 15) is 9.59 Å². The van der Waals surface area contributed by atoms with Crippen LogP contribution in [-0.4, -0.2) is 30.3 Å². The average Bonchev–Trinajstić information content (AvgIpc) is 3.20. The molecule has 0 unspecified atom stereocenters. The summed E-state index contributed by atoms with van der Waals surface area (Å²) in [4.78, 5) is 29.8. The number of urea groups is 1. The maximum absolute atomic E-state index is 12.2. The molecule has 0 spiro atoms. The summed E-state index contributed by atoms with van der Waals surface area (Å²) in [5.74, 6) is 0.638. The molecule has 0 atom stereocenters. The first-order valence-electron chi connectivity index (χ1n) is 9.16. The minimum absolute atomic E-state index is 0.0759. The van der Waals surface area contributed by atoms with Gasteiger partial charge in [-0.25, -0.2) is 9.78 Å². The molecule has 7 nitrogen and oxygen atoms in total. The van der Waals surface area contributed by atoms with E-state index in [0.717, 1.165) is 16.3 Å². The molecule has 156 valence electrons. The number of anilines is 3. The number of ether oxygens (including phenoxy) is 1. The van der Waals surface area contributed by atoms with Crippen LogP contribution in [0.2, 0.25) is 0 Å². The normalized spacial score (nSPS) is 10.3. The molecule has 0 radical (unpaired) electrons. The summed E-state index contributed by atoms with van der Waals surface area (Å²) in [6.45, 7) is 0. The standard InChI is InChI=1S/C21H22N4O3S2/c1-28-17-9-6-14(7-10-17)23-20(27)25-21-24-16(13-30-21)8-11-19(26)22-15-4-3-5-18(12-15)29-2/h3-7,9-10,12-13H,8,11H2,1-2H3,(H,22,26)(H2,23,24,25,27). The van der Waals surface area contributed by atoms with Gasteiger partial charge in [0.25, 0.3) is 0 Å². The SMILES string of the molecule is COc1ccc(NC(=O)Nc2nc(CCC(=O)Nc3cccc(SC)c3)cs2)cc1. The predicted molar refractivity (Wildman–Crippen MR) is 123 cm³/mol. The number of amides is 3. The third kappa shape index (κ3) is 6.50. The highest BCUT2D eigenvalue weighted by molar-refractivity contribution is 7.98. The average molecular weight is 443 g/mol. The second-order valence-corrected chi connectivity index (χ2v) is 7.97. The minimum atomic E-state index is -0.382. The summed E-state index contributed by atoms with van der Waals surface area (Å²) in [5, 5.41) is 10.6. The highest BCUT2D eigenvalue weighted by Gasteiger charge is 2.09. The van der Waals surface area contributed by atoms with Gasteiger partial charge >= 0.3 is 6.03 Å². The quantitative estimate of drug-likeness (QED) is 0.423. The van der Waals surface area contributed by atoms with Crippen molar-refractivity contribution in [1.82, 2.24) is 4.98 Å². The number of methoxy groups -OCH3 is 1. The first-order valence-corrected chi connectivity index (χ1v) is 11.3. The molecular formula is C21H22N4O3S2. The molecule has 9 heteroatoms. The van der Waals surface area contributed by atoms with Crippen molar-refractivity contribution in [3.05, 3.63) is 59.6 Å². The van der Waals surface area contributed by atoms with Gasteiger partial charge in [0.15, 0.2) is 5.13 Å². The Morgan fingerprint density at radius 3 is 2.60 bits per heavy atom. The highest BCUT2D eigenvalue weighted by atomic mass is 32.2. The second-order valence-electron chi connectivity index (χ2n) is 6.23. The van der Waals surface area contributed by atoms with Crippen LogP contribution in [0, 0.1) is 0 Å². The van der Waals surface area contributed by atoms with E-state index in [2.05, 4.69) is 20.9 Å². The number of benzene rings is 2. The van der Waals surface area contributed by atoms with Crippen LogP contribution in [0.4, 0.5) is 21.3 Å². The lowest BCUT2D eigenvalue weighted by Gasteiger charge is -2.06. The second kappa shape index (κ2) is 10.7. The minimum Gasteiger partial charge on any atom is -0.497 e. The summed E-state index contributed by atoms with van der Waals surface area (Å²) >= 11 is 2.94. The number of aromatic nitrogens is 1. The topological polar surface area (TPSA) is 92.3 Å². The van der Waals surface area contributed by atoms with Crippen LogP contribution < -0.4 is 20.7 Å². The molecule has 3 amide bonds. The fourth-order valence-corrected chi connectivity index (χ4v) is 3.78. The zero-order valence-corrected chi connectivity index (χ0v) is 18.2. The van der Waals surface area contributed by atoms with E-state index in [1.165, 1.54) is 11.3 Å². The third-order valence-electron chi connectivity index (χ3n) is 4.08. The molecule has 1 heterocycles. The molecule has 3 aromatic rings. The predicted octanol–water partition coefficient (Wildman–Crippen LogP) is 5.09. The van der Waals surface area contributed by atoms with Gasteiger partial charge in [0, 0.05) is 28.1 Å². The Kier molecular flexibility index (Phi) is 7.69. The van der Waals surface area contributed by atoms with Gasteiger partial charge in [-0.15, -0.1) is 23.1 Å². The number of carbonyl (C=O) groups excluding carboxylic acids is 2. The first-order chi connectivity index (χ1) is 14.6. The van der Waals surface area contributed by atoms with Crippen molar-refractivity contribution in [1.29, 1.82) is 0 Å². The van der Waals surface area contributed by atoms with E-state index in [1.807, 2.05) is 35.9 Å². The Morgan fingerprint density at radius 2 is 1.87 bits per heavy atom. The van der Waals surface area contributed by atoms with Crippen LogP contribution in [0.1, 0.15) is 12.1 Å². The van der Waals surface area contributed by atoms with Crippen LogP contribution >= 0.6 is 23.1 Å². The van der Waals surface area contributed by atoms with E-state index in [-0.39, 0.29) is 11.9 Å². The number of hydrogen-bond donors (Lipinski definition) is 3. The van der Waals surface area contributed by atoms with Crippen LogP contribution in [0.15, 0.2) is 58.8 Å². The Hall–Kier alpha value is -3.04. The zero-order chi connectivity index (χ0) is 21.3. The van der Waals surface area contributed by atoms with E-state index < -0.39 is 0 Å². The van der Waals surface area contributed by atoms with Crippen molar-refractivity contribution in [3.8, 4) is 5.75 Å². The molecule has 0 aliphatic carbocycles. The molecule has 0 saturated carbocycles. The number of hydrogen-bond acceptors (Lipinski definition) is 6. The van der Waals surface area contributed by atoms with Crippen molar-refractivity contribution in [2.45, 2.75) is 17.7 Å². The summed E-state index contributed by atoms with van der Waals surface area (Å²) in [6, 6.07) is 14.4. The van der Waals surface area contributed by atoms with E-state index in [1.54, 1.807) is 43.1 Å². The molecule has 30 heavy (non-hydrogen) atoms. The molecule has 0 aliphatic heterocycles. The van der Waals surface area contributed by atoms with Gasteiger partial charge in [0.2, 0.25) is 5.91 Å². The maximum Gasteiger partial charge on any atom is 0.325 e. The Labute approximate surface area is 183 Å². The third-order valence-corrected chi connectivity index (χ3v) is 5.61. The number of thioether (sulfide) groups is 1. The fourth-order valence-electron chi connectivity index (χ4n) is 2.58. The highest BCUT2D eigenvalue weighted by Crippen LogP contribution is 2.20. The molecule has 2 aromatic carbocycles. The summed E-state index contributed by atoms with van der Waals surface area (Å²) < 4.78 is 5.09. The monoisotopic (exact) mass is 442 g/mol. The smallest absolute Gasteiger partial charge is 0.325 e. The molecule has 3 rings (SSSR count). The van der Waals surface area contributed by atoms with E-state index >= 15 is 0 Å². The number of aryl methyl sites for hydroxylation is 1. The van der Waals surface area contributed by atoms with Gasteiger partial charge in [-0.2, -0.15) is 0 Å². The van der Waals surface area contributed by atoms with Gasteiger partial charge in [0.05, 0.1) is 12.8 Å². The van der Waals surface area contributed by atoms with Crippen LogP contribution in [0.3, 0.4) is 0 Å². The Balaban J connectivity index is 1.45. The lowest BCUT2D eigenvalue weighted by Crippen LogP contribution is -2.19. The van der Waals surface area contributed by atoms with E-state index in [4.69, 9.17) is 4.74 Å². The maximum atomic E-state index is 12.2. The number of thiazole rings is 1. The fraction of sp³-hybridized carbons (Fsp3) is 0.190. The van der Waals surface area contributed by atoms with Crippen LogP contribution in [0.5, 0.6) is 5.75 Å². The van der Waals surface area contributed by atoms with Gasteiger partial charge in [-0.1, -0.05) is 6.07 Å². The summed E-state index contributed by atoms with van der Waals surface area (Å²) in [5.41, 5.74) is 2.18. The van der Waals surface area contributed by atoms with Crippen LogP contribution in [-0.2, 0) is 11.2 Å². The Bertz CT molecular complexity index is 1010. The molecular weight excluding hydrogens is 420 g/mol. The number of rotatable bonds is 8. The van der Waals surface area contributed by atoms with Crippen molar-refractivity contribution < 1.29 is 14.3 Å². The van der Waals surface area contributed by atoms with Gasteiger partial charge in [-0.3, -0.25) is 10.1 Å². The largest absolute Gasteiger partial charge is 0.497 e. The number of nitrogens with zero attached hydrogens (tertiary/aromatic N) is 1. The van der Waals surface area contributed by atoms with E-state index in [0.29, 0.717) is 29.4 Å². The molecule has 1 aromatic heterocycles. The molecule has 0 fully saturated rings. The lowest BCUT2D eigenvalue weighted by molar-refractivity contribution is -0.116. The first kappa shape index (κ1) is 21.7. The summed E-state index contributed by atoms with van der Waals surface area (Å²) in [7, 11) is 1.59. The van der Waals surface area contributed by atoms with Crippen molar-refractivity contribution >= 4 is 51.5 Å². The van der Waals surface area contributed by atoms with Gasteiger partial charge < -0.3 is 15.4 Å². The van der Waals surface area contributed by atoms with Gasteiger partial charge in [-0.05, 0) is 55.1 Å². The molecule has 0 aliphatic rings. The zero-order valence-electron chi connectivity index (χ0n) is 16.6. The molecule has 0 saturated heterocycles. The Morgan fingerprint density at radius 1 is 1.07 bits per heavy atom. The molecule has 3 N–H and O–H groups in total. The van der Waals surface area contributed by atoms with Crippen molar-refractivity contribution in [3.63, 3.8) is 0 Å². The number of carbonyl (C=O) groups is 2. The molecule has 0 bridgehead atoms. The summed E-state index contributed by atoms with van der Waals surface area (Å²) in [6.07, 6.45) is 2.79. The lowest BCUT2D eigenvalue weighted by atomic mass is 10.2. The van der Waals surface area contributed by atoms with Crippen molar-refractivity contribution in [2.75, 3.05) is 29.3 Å². The number of nitrogens with one attached hydrogen (secondary N) is 3.